The van der Waals surface area contributed by atoms with Crippen LogP contribution in [0.4, 0.5) is 16.4 Å². The number of nitrogens with two attached hydrogens (primary N) is 2. The van der Waals surface area contributed by atoms with Gasteiger partial charge in [0.25, 0.3) is 0 Å². The van der Waals surface area contributed by atoms with Crippen molar-refractivity contribution in [1.29, 1.82) is 0 Å². The molecule has 10 heteroatoms. The number of nitrogens with zero attached hydrogens (tertiary/aromatic N) is 3. The Morgan fingerprint density at radius 3 is 2.58 bits per heavy atom. The molecular formula is C23H22N6O4. The second kappa shape index (κ2) is 10.5. The maximum absolute atomic E-state index is 12.4. The molecule has 1 amide bonds. The fourth-order valence-corrected chi connectivity index (χ4v) is 2.71. The number of carbonyl (C=O) groups excluding carboxylic acids is 2. The van der Waals surface area contributed by atoms with E-state index < -0.39 is 12.1 Å². The Bertz CT molecular complexity index is 1200. The Morgan fingerprint density at radius 1 is 1.15 bits per heavy atom. The van der Waals surface area contributed by atoms with Crippen molar-refractivity contribution < 1.29 is 19.1 Å². The van der Waals surface area contributed by atoms with Crippen LogP contribution < -0.4 is 21.5 Å². The third-order valence-corrected chi connectivity index (χ3v) is 4.25. The van der Waals surface area contributed by atoms with Crippen LogP contribution in [0.1, 0.15) is 28.4 Å². The third kappa shape index (κ3) is 5.91. The average Bonchev–Trinajstić information content (AvgIpc) is 2.80. The summed E-state index contributed by atoms with van der Waals surface area (Å²) in [6.07, 6.45) is 2.35. The van der Waals surface area contributed by atoms with Crippen molar-refractivity contribution in [2.75, 3.05) is 17.7 Å². The van der Waals surface area contributed by atoms with Gasteiger partial charge in [0.2, 0.25) is 0 Å². The van der Waals surface area contributed by atoms with Crippen LogP contribution in [0.15, 0.2) is 72.5 Å². The number of benzene rings is 1. The van der Waals surface area contributed by atoms with Crippen molar-refractivity contribution in [3.05, 3.63) is 84.2 Å². The molecule has 5 N–H and O–H groups in total. The summed E-state index contributed by atoms with van der Waals surface area (Å²) in [6.45, 7) is 5.68. The number of para-hydroxylation sites is 1. The predicted octanol–water partition coefficient (Wildman–Crippen LogP) is 3.22. The van der Waals surface area contributed by atoms with Gasteiger partial charge in [0.15, 0.2) is 0 Å². The van der Waals surface area contributed by atoms with Gasteiger partial charge in [-0.1, -0.05) is 24.8 Å². The Morgan fingerprint density at radius 2 is 1.91 bits per heavy atom. The van der Waals surface area contributed by atoms with Gasteiger partial charge >= 0.3 is 12.1 Å². The lowest BCUT2D eigenvalue weighted by Gasteiger charge is -2.14. The number of esters is 1. The molecule has 168 valence electrons. The SMILES string of the molecule is C=C(N=C(N)c1cc(C(=O)OCC)c(N)nc1NC(=O)Oc1ccccc1)c1cccnc1. The molecule has 10 nitrogen and oxygen atoms in total. The zero-order chi connectivity index (χ0) is 23.8. The lowest BCUT2D eigenvalue weighted by atomic mass is 10.1. The van der Waals surface area contributed by atoms with Gasteiger partial charge in [-0.25, -0.2) is 19.6 Å². The second-order valence-electron chi connectivity index (χ2n) is 6.55. The van der Waals surface area contributed by atoms with Crippen molar-refractivity contribution in [3.8, 4) is 5.75 Å². The molecule has 0 aliphatic heterocycles. The van der Waals surface area contributed by atoms with Gasteiger partial charge in [-0.05, 0) is 37.3 Å². The van der Waals surface area contributed by atoms with Crippen molar-refractivity contribution in [2.24, 2.45) is 10.7 Å². The second-order valence-corrected chi connectivity index (χ2v) is 6.55. The molecule has 0 saturated heterocycles. The van der Waals surface area contributed by atoms with E-state index in [1.165, 1.54) is 6.07 Å². The highest BCUT2D eigenvalue weighted by Gasteiger charge is 2.21. The summed E-state index contributed by atoms with van der Waals surface area (Å²) in [5.74, 6) is -0.662. The first-order chi connectivity index (χ1) is 15.9. The van der Waals surface area contributed by atoms with Crippen LogP contribution in [0.2, 0.25) is 0 Å². The molecule has 0 atom stereocenters. The van der Waals surface area contributed by atoms with Crippen molar-refractivity contribution in [3.63, 3.8) is 0 Å². The van der Waals surface area contributed by atoms with E-state index in [1.807, 2.05) is 0 Å². The van der Waals surface area contributed by atoms with E-state index in [0.29, 0.717) is 17.0 Å². The average molecular weight is 446 g/mol. The first kappa shape index (κ1) is 22.9. The number of nitrogens with one attached hydrogen (secondary N) is 1. The monoisotopic (exact) mass is 446 g/mol. The van der Waals surface area contributed by atoms with E-state index in [2.05, 4.69) is 26.9 Å². The molecule has 0 fully saturated rings. The maximum Gasteiger partial charge on any atom is 0.418 e. The summed E-state index contributed by atoms with van der Waals surface area (Å²) in [7, 11) is 0. The van der Waals surface area contributed by atoms with Gasteiger partial charge in [0.1, 0.15) is 28.8 Å². The number of aliphatic imine (C=N–C) groups is 1. The van der Waals surface area contributed by atoms with E-state index >= 15 is 0 Å². The minimum atomic E-state index is -0.836. The number of hydrogen-bond acceptors (Lipinski definition) is 8. The van der Waals surface area contributed by atoms with Crippen LogP contribution in [-0.4, -0.2) is 34.5 Å². The molecule has 0 unspecified atom stereocenters. The van der Waals surface area contributed by atoms with E-state index in [9.17, 15) is 9.59 Å². The maximum atomic E-state index is 12.4. The number of pyridine rings is 2. The smallest absolute Gasteiger partial charge is 0.418 e. The Kier molecular flexibility index (Phi) is 7.32. The highest BCUT2D eigenvalue weighted by atomic mass is 16.6. The highest BCUT2D eigenvalue weighted by molar-refractivity contribution is 6.08. The quantitative estimate of drug-likeness (QED) is 0.284. The fraction of sp³-hybridized carbons (Fsp3) is 0.0870. The van der Waals surface area contributed by atoms with Gasteiger partial charge < -0.3 is 20.9 Å². The van der Waals surface area contributed by atoms with Gasteiger partial charge in [-0.15, -0.1) is 0 Å². The Labute approximate surface area is 190 Å². The van der Waals surface area contributed by atoms with Gasteiger partial charge in [-0.3, -0.25) is 10.3 Å². The summed E-state index contributed by atoms with van der Waals surface area (Å²) in [5, 5.41) is 2.48. The number of rotatable bonds is 7. The highest BCUT2D eigenvalue weighted by Crippen LogP contribution is 2.23. The normalized spacial score (nSPS) is 10.9. The molecule has 0 bridgehead atoms. The third-order valence-electron chi connectivity index (χ3n) is 4.25. The summed E-state index contributed by atoms with van der Waals surface area (Å²) >= 11 is 0. The number of aromatic nitrogens is 2. The van der Waals surface area contributed by atoms with Crippen LogP contribution in [0.3, 0.4) is 0 Å². The van der Waals surface area contributed by atoms with Crippen LogP contribution in [0.5, 0.6) is 5.75 Å². The van der Waals surface area contributed by atoms with Gasteiger partial charge in [0.05, 0.1) is 17.9 Å². The number of carbonyl (C=O) groups is 2. The zero-order valence-electron chi connectivity index (χ0n) is 17.8. The largest absolute Gasteiger partial charge is 0.462 e. The number of nitrogen functional groups attached to an aromatic ring is 1. The topological polar surface area (TPSA) is 155 Å². The lowest BCUT2D eigenvalue weighted by Crippen LogP contribution is -2.24. The van der Waals surface area contributed by atoms with Crippen molar-refractivity contribution in [1.82, 2.24) is 9.97 Å². The van der Waals surface area contributed by atoms with Crippen molar-refractivity contribution in [2.45, 2.75) is 6.92 Å². The lowest BCUT2D eigenvalue weighted by molar-refractivity contribution is 0.0527. The molecule has 0 spiro atoms. The van der Waals surface area contributed by atoms with Crippen LogP contribution in [0.25, 0.3) is 5.70 Å². The van der Waals surface area contributed by atoms with Gasteiger partial charge in [-0.2, -0.15) is 0 Å². The summed E-state index contributed by atoms with van der Waals surface area (Å²) in [4.78, 5) is 37.1. The summed E-state index contributed by atoms with van der Waals surface area (Å²) < 4.78 is 10.2. The van der Waals surface area contributed by atoms with E-state index in [1.54, 1.807) is 61.8 Å². The summed E-state index contributed by atoms with van der Waals surface area (Å²) in [5.41, 5.74) is 13.2. The first-order valence-corrected chi connectivity index (χ1v) is 9.84. The van der Waals surface area contributed by atoms with E-state index in [0.717, 1.165) is 0 Å². The molecule has 3 aromatic rings. The molecule has 1 aromatic carbocycles. The number of anilines is 2. The molecule has 33 heavy (non-hydrogen) atoms. The molecule has 3 rings (SSSR count). The van der Waals surface area contributed by atoms with E-state index in [-0.39, 0.29) is 35.2 Å². The first-order valence-electron chi connectivity index (χ1n) is 9.84. The van der Waals surface area contributed by atoms with Gasteiger partial charge in [0, 0.05) is 18.0 Å². The minimum absolute atomic E-state index is 0.0287. The molecular weight excluding hydrogens is 424 g/mol. The predicted molar refractivity (Wildman–Crippen MR) is 125 cm³/mol. The Balaban J connectivity index is 1.98. The van der Waals surface area contributed by atoms with Crippen LogP contribution in [-0.2, 0) is 4.74 Å². The number of ether oxygens (including phenoxy) is 2. The standard InChI is InChI=1S/C23H22N6O4/c1-3-32-22(30)18-12-17(19(24)27-14(2)15-8-7-11-26-13-15)21(28-20(18)25)29-23(31)33-16-9-5-4-6-10-16/h4-13H,2-3H2,1H3,(H2,24,27)(H3,25,28,29,31). The summed E-state index contributed by atoms with van der Waals surface area (Å²) in [6, 6.07) is 13.3. The molecule has 0 saturated carbocycles. The molecule has 0 aliphatic carbocycles. The van der Waals surface area contributed by atoms with Crippen LogP contribution in [0, 0.1) is 0 Å². The number of amidine groups is 1. The fourth-order valence-electron chi connectivity index (χ4n) is 2.71. The minimum Gasteiger partial charge on any atom is -0.462 e. The molecule has 2 heterocycles. The molecule has 0 aliphatic rings. The van der Waals surface area contributed by atoms with E-state index in [4.69, 9.17) is 20.9 Å². The number of hydrogen-bond donors (Lipinski definition) is 3. The zero-order valence-corrected chi connectivity index (χ0v) is 17.8. The van der Waals surface area contributed by atoms with Crippen molar-refractivity contribution >= 4 is 35.2 Å². The van der Waals surface area contributed by atoms with Crippen LogP contribution >= 0.6 is 0 Å². The Hall–Kier alpha value is -4.73. The number of amides is 1. The molecule has 2 aromatic heterocycles. The molecule has 0 radical (unpaired) electrons.